The van der Waals surface area contributed by atoms with Gasteiger partial charge in [-0.1, -0.05) is 0 Å². The number of benzene rings is 1. The molecular formula is C13H10FN3O3. The van der Waals surface area contributed by atoms with E-state index in [-0.39, 0.29) is 11.1 Å². The van der Waals surface area contributed by atoms with Crippen LogP contribution < -0.4 is 15.6 Å². The molecule has 0 radical (unpaired) electrons. The van der Waals surface area contributed by atoms with Gasteiger partial charge in [-0.05, 0) is 24.3 Å². The van der Waals surface area contributed by atoms with Crippen LogP contribution in [0.3, 0.4) is 0 Å². The minimum Gasteiger partial charge on any atom is -0.619 e. The van der Waals surface area contributed by atoms with Crippen LogP contribution >= 0.6 is 0 Å². The van der Waals surface area contributed by atoms with Crippen molar-refractivity contribution in [3.05, 3.63) is 70.9 Å². The Bertz CT molecular complexity index is 569. The number of rotatable bonds is 2. The van der Waals surface area contributed by atoms with Crippen LogP contribution in [0.2, 0.25) is 0 Å². The number of carbonyl (C=O) groups excluding carboxylic acids is 2. The molecular weight excluding hydrogens is 265 g/mol. The highest BCUT2D eigenvalue weighted by molar-refractivity contribution is 5.98. The minimum atomic E-state index is -0.576. The summed E-state index contributed by atoms with van der Waals surface area (Å²) in [5.41, 5.74) is 4.80. The second-order valence-electron chi connectivity index (χ2n) is 3.86. The Morgan fingerprint density at radius 1 is 0.900 bits per heavy atom. The van der Waals surface area contributed by atoms with Crippen molar-refractivity contribution < 1.29 is 18.7 Å². The smallest absolute Gasteiger partial charge is 0.270 e. The summed E-state index contributed by atoms with van der Waals surface area (Å²) in [6.07, 6.45) is 2.33. The number of amides is 2. The van der Waals surface area contributed by atoms with Gasteiger partial charge in [-0.25, -0.2) is 4.39 Å². The zero-order valence-electron chi connectivity index (χ0n) is 10.2. The molecule has 0 unspecified atom stereocenters. The number of pyridine rings is 1. The quantitative estimate of drug-likeness (QED) is 0.476. The molecule has 0 saturated carbocycles. The number of aromatic nitrogens is 1. The summed E-state index contributed by atoms with van der Waals surface area (Å²) < 4.78 is 13.2. The highest BCUT2D eigenvalue weighted by Gasteiger charge is 2.09. The fourth-order valence-electron chi connectivity index (χ4n) is 1.42. The number of carbonyl (C=O) groups is 2. The highest BCUT2D eigenvalue weighted by Crippen LogP contribution is 2.02. The summed E-state index contributed by atoms with van der Waals surface area (Å²) in [6, 6.07) is 7.49. The molecule has 102 valence electrons. The second-order valence-corrected chi connectivity index (χ2v) is 3.86. The van der Waals surface area contributed by atoms with Gasteiger partial charge in [0.1, 0.15) is 5.82 Å². The molecule has 1 aromatic heterocycles. The number of nitrogens with zero attached hydrogens (tertiary/aromatic N) is 1. The Labute approximate surface area is 113 Å². The topological polar surface area (TPSA) is 85.1 Å². The number of halogens is 1. The van der Waals surface area contributed by atoms with Crippen molar-refractivity contribution in [1.82, 2.24) is 10.9 Å². The van der Waals surface area contributed by atoms with Crippen molar-refractivity contribution in [2.45, 2.75) is 0 Å². The molecule has 2 aromatic rings. The minimum absolute atomic E-state index is 0.206. The molecule has 0 aliphatic heterocycles. The molecule has 2 N–H and O–H groups in total. The van der Waals surface area contributed by atoms with Crippen LogP contribution in [-0.4, -0.2) is 11.8 Å². The molecule has 0 spiro atoms. The molecule has 20 heavy (non-hydrogen) atoms. The average molecular weight is 275 g/mol. The Hall–Kier alpha value is -2.96. The van der Waals surface area contributed by atoms with E-state index in [0.29, 0.717) is 4.73 Å². The third-order valence-electron chi connectivity index (χ3n) is 2.46. The van der Waals surface area contributed by atoms with Gasteiger partial charge in [-0.15, -0.1) is 0 Å². The van der Waals surface area contributed by atoms with E-state index in [1.807, 2.05) is 0 Å². The maximum absolute atomic E-state index is 12.7. The van der Waals surface area contributed by atoms with Crippen LogP contribution in [0.5, 0.6) is 0 Å². The first-order valence-corrected chi connectivity index (χ1v) is 5.61. The molecule has 6 nitrogen and oxygen atoms in total. The van der Waals surface area contributed by atoms with E-state index >= 15 is 0 Å². The monoisotopic (exact) mass is 275 g/mol. The van der Waals surface area contributed by atoms with Crippen LogP contribution in [0.1, 0.15) is 20.7 Å². The third kappa shape index (κ3) is 3.29. The van der Waals surface area contributed by atoms with E-state index in [0.717, 1.165) is 24.5 Å². The lowest BCUT2D eigenvalue weighted by molar-refractivity contribution is -0.605. The fourth-order valence-corrected chi connectivity index (χ4v) is 1.42. The Morgan fingerprint density at radius 3 is 1.85 bits per heavy atom. The summed E-state index contributed by atoms with van der Waals surface area (Å²) in [7, 11) is 0. The molecule has 1 aromatic carbocycles. The van der Waals surface area contributed by atoms with Gasteiger partial charge >= 0.3 is 0 Å². The van der Waals surface area contributed by atoms with Crippen molar-refractivity contribution in [2.75, 3.05) is 0 Å². The van der Waals surface area contributed by atoms with Crippen LogP contribution in [0.4, 0.5) is 4.39 Å². The van der Waals surface area contributed by atoms with Gasteiger partial charge in [-0.2, -0.15) is 4.73 Å². The lowest BCUT2D eigenvalue weighted by Gasteiger charge is -2.07. The van der Waals surface area contributed by atoms with E-state index in [4.69, 9.17) is 0 Å². The molecule has 0 bridgehead atoms. The summed E-state index contributed by atoms with van der Waals surface area (Å²) in [5, 5.41) is 10.8. The van der Waals surface area contributed by atoms with Crippen molar-refractivity contribution in [1.29, 1.82) is 0 Å². The van der Waals surface area contributed by atoms with Gasteiger partial charge in [-0.3, -0.25) is 20.4 Å². The van der Waals surface area contributed by atoms with E-state index in [9.17, 15) is 19.2 Å². The maximum atomic E-state index is 12.7. The lowest BCUT2D eigenvalue weighted by Crippen LogP contribution is -2.41. The van der Waals surface area contributed by atoms with E-state index in [1.54, 1.807) is 0 Å². The molecule has 0 aliphatic carbocycles. The van der Waals surface area contributed by atoms with Crippen LogP contribution in [0, 0.1) is 11.0 Å². The first-order valence-electron chi connectivity index (χ1n) is 5.61. The molecule has 0 saturated heterocycles. The Morgan fingerprint density at radius 2 is 1.35 bits per heavy atom. The zero-order chi connectivity index (χ0) is 14.5. The number of hydrazine groups is 1. The first-order chi connectivity index (χ1) is 9.56. The molecule has 0 aliphatic rings. The molecule has 2 amide bonds. The first kappa shape index (κ1) is 13.5. The maximum Gasteiger partial charge on any atom is 0.270 e. The molecule has 2 rings (SSSR count). The van der Waals surface area contributed by atoms with Gasteiger partial charge < -0.3 is 5.21 Å². The highest BCUT2D eigenvalue weighted by atomic mass is 19.1. The molecule has 0 atom stereocenters. The molecule has 1 heterocycles. The van der Waals surface area contributed by atoms with Gasteiger partial charge in [0.15, 0.2) is 12.4 Å². The van der Waals surface area contributed by atoms with E-state index in [1.165, 1.54) is 24.3 Å². The summed E-state index contributed by atoms with van der Waals surface area (Å²) in [6.45, 7) is 0. The number of nitrogens with one attached hydrogen (secondary N) is 2. The predicted molar refractivity (Wildman–Crippen MR) is 66.7 cm³/mol. The van der Waals surface area contributed by atoms with Crippen LogP contribution in [0.15, 0.2) is 48.8 Å². The van der Waals surface area contributed by atoms with Gasteiger partial charge in [0.2, 0.25) is 0 Å². The van der Waals surface area contributed by atoms with E-state index < -0.39 is 17.6 Å². The van der Waals surface area contributed by atoms with Crippen molar-refractivity contribution >= 4 is 11.8 Å². The second kappa shape index (κ2) is 5.79. The number of hydrogen-bond donors (Lipinski definition) is 2. The van der Waals surface area contributed by atoms with Gasteiger partial charge in [0.05, 0.1) is 5.56 Å². The van der Waals surface area contributed by atoms with Crippen molar-refractivity contribution in [2.24, 2.45) is 0 Å². The van der Waals surface area contributed by atoms with Gasteiger partial charge in [0.25, 0.3) is 11.8 Å². The molecule has 0 fully saturated rings. The van der Waals surface area contributed by atoms with Gasteiger partial charge in [0, 0.05) is 17.7 Å². The normalized spacial score (nSPS) is 9.85. The number of hydrogen-bond acceptors (Lipinski definition) is 3. The summed E-state index contributed by atoms with van der Waals surface area (Å²) in [4.78, 5) is 23.3. The van der Waals surface area contributed by atoms with Crippen molar-refractivity contribution in [3.63, 3.8) is 0 Å². The SMILES string of the molecule is O=C(NNC(=O)c1cc[n+]([O-])cc1)c1ccc(F)cc1. The summed E-state index contributed by atoms with van der Waals surface area (Å²) >= 11 is 0. The van der Waals surface area contributed by atoms with Crippen LogP contribution in [-0.2, 0) is 0 Å². The fraction of sp³-hybridized carbons (Fsp3) is 0. The zero-order valence-corrected chi connectivity index (χ0v) is 10.2. The average Bonchev–Trinajstić information content (AvgIpc) is 2.46. The molecule has 7 heteroatoms. The Kier molecular flexibility index (Phi) is 3.90. The largest absolute Gasteiger partial charge is 0.619 e. The van der Waals surface area contributed by atoms with Crippen molar-refractivity contribution in [3.8, 4) is 0 Å². The van der Waals surface area contributed by atoms with Crippen LogP contribution in [0.25, 0.3) is 0 Å². The third-order valence-corrected chi connectivity index (χ3v) is 2.46. The van der Waals surface area contributed by atoms with E-state index in [2.05, 4.69) is 10.9 Å². The predicted octanol–water partition coefficient (Wildman–Crippen LogP) is 0.534. The summed E-state index contributed by atoms with van der Waals surface area (Å²) in [5.74, 6) is -1.60. The Balaban J connectivity index is 1.94. The standard InChI is InChI=1S/C13H10FN3O3/c14-11-3-1-9(2-4-11)12(18)15-16-13(19)10-5-7-17(20)8-6-10/h1-8H,(H,15,18)(H,16,19). The lowest BCUT2D eigenvalue weighted by atomic mass is 10.2.